The molecule has 6 heteroatoms. The molecule has 3 rings (SSSR count). The average Bonchev–Trinajstić information content (AvgIpc) is 3.15. The smallest absolute Gasteiger partial charge is 0.303 e. The first-order valence-electron chi connectivity index (χ1n) is 6.40. The van der Waals surface area contributed by atoms with E-state index in [0.717, 1.165) is 26.0 Å². The normalized spacial score (nSPS) is 10.7. The molecule has 0 spiro atoms. The molecule has 0 amide bonds. The first-order valence-corrected chi connectivity index (χ1v) is 8.09. The number of aliphatic carboxylic acids is 1. The third-order valence-corrected chi connectivity index (χ3v) is 4.97. The molecule has 0 saturated heterocycles. The molecule has 0 aliphatic rings. The number of hydrogen-bond acceptors (Lipinski definition) is 5. The fourth-order valence-electron chi connectivity index (χ4n) is 1.96. The van der Waals surface area contributed by atoms with Gasteiger partial charge in [-0.2, -0.15) is 0 Å². The number of carboxylic acids is 1. The van der Waals surface area contributed by atoms with E-state index in [2.05, 4.69) is 4.98 Å². The zero-order valence-electron chi connectivity index (χ0n) is 11.0. The zero-order valence-corrected chi connectivity index (χ0v) is 12.7. The summed E-state index contributed by atoms with van der Waals surface area (Å²) in [7, 11) is 0. The maximum Gasteiger partial charge on any atom is 0.303 e. The summed E-state index contributed by atoms with van der Waals surface area (Å²) in [6.07, 6.45) is 4.12. The van der Waals surface area contributed by atoms with Crippen LogP contribution in [0.3, 0.4) is 0 Å². The van der Waals surface area contributed by atoms with Crippen LogP contribution in [0.15, 0.2) is 42.0 Å². The summed E-state index contributed by atoms with van der Waals surface area (Å²) in [6, 6.07) is 7.82. The van der Waals surface area contributed by atoms with Gasteiger partial charge in [-0.25, -0.2) is 4.98 Å². The molecule has 0 aliphatic heterocycles. The predicted octanol–water partition coefficient (Wildman–Crippen LogP) is 3.95. The Kier molecular flexibility index (Phi) is 4.08. The molecule has 3 heterocycles. The monoisotopic (exact) mass is 316 g/mol. The van der Waals surface area contributed by atoms with E-state index in [1.165, 1.54) is 0 Å². The lowest BCUT2D eigenvalue weighted by Gasteiger charge is -1.97. The molecule has 0 aromatic carbocycles. The number of thiazole rings is 1. The van der Waals surface area contributed by atoms with Crippen LogP contribution in [0.2, 0.25) is 0 Å². The molecule has 0 aliphatic carbocycles. The maximum absolute atomic E-state index is 10.8. The van der Waals surface area contributed by atoms with Crippen molar-refractivity contribution < 1.29 is 9.90 Å². The molecule has 0 unspecified atom stereocenters. The fraction of sp³-hybridized carbons (Fsp3) is 0.133. The van der Waals surface area contributed by atoms with Crippen LogP contribution >= 0.6 is 22.7 Å². The lowest BCUT2D eigenvalue weighted by Crippen LogP contribution is -1.96. The van der Waals surface area contributed by atoms with E-state index in [1.54, 1.807) is 35.1 Å². The van der Waals surface area contributed by atoms with Gasteiger partial charge in [0.05, 0.1) is 17.0 Å². The van der Waals surface area contributed by atoms with Gasteiger partial charge in [0.2, 0.25) is 0 Å². The van der Waals surface area contributed by atoms with E-state index in [-0.39, 0.29) is 6.42 Å². The van der Waals surface area contributed by atoms with Crippen molar-refractivity contribution in [2.45, 2.75) is 12.8 Å². The van der Waals surface area contributed by atoms with E-state index in [1.807, 2.05) is 29.6 Å². The molecule has 3 aromatic rings. The summed E-state index contributed by atoms with van der Waals surface area (Å²) in [5.41, 5.74) is 1.86. The molecule has 0 radical (unpaired) electrons. The van der Waals surface area contributed by atoms with Crippen molar-refractivity contribution in [2.24, 2.45) is 0 Å². The minimum absolute atomic E-state index is 0.118. The van der Waals surface area contributed by atoms with Crippen LogP contribution < -0.4 is 0 Å². The number of nitrogens with zero attached hydrogens (tertiary/aromatic N) is 2. The Morgan fingerprint density at radius 1 is 1.29 bits per heavy atom. The summed E-state index contributed by atoms with van der Waals surface area (Å²) < 4.78 is 0. The minimum atomic E-state index is -0.788. The molecule has 4 nitrogen and oxygen atoms in total. The molecule has 0 saturated carbocycles. The largest absolute Gasteiger partial charge is 0.481 e. The second-order valence-corrected chi connectivity index (χ2v) is 6.43. The second-order valence-electron chi connectivity index (χ2n) is 4.40. The van der Waals surface area contributed by atoms with Crippen molar-refractivity contribution in [1.82, 2.24) is 9.97 Å². The van der Waals surface area contributed by atoms with Crippen molar-refractivity contribution in [3.8, 4) is 21.1 Å². The number of aromatic nitrogens is 2. The number of pyridine rings is 1. The fourth-order valence-corrected chi connectivity index (χ4v) is 3.83. The predicted molar refractivity (Wildman–Crippen MR) is 84.6 cm³/mol. The highest BCUT2D eigenvalue weighted by Gasteiger charge is 2.16. The third kappa shape index (κ3) is 3.17. The number of carboxylic acid groups (broad SMARTS) is 1. The minimum Gasteiger partial charge on any atom is -0.481 e. The number of thiophene rings is 1. The summed E-state index contributed by atoms with van der Waals surface area (Å²) in [4.78, 5) is 21.7. The van der Waals surface area contributed by atoms with Crippen LogP contribution in [0.5, 0.6) is 0 Å². The zero-order chi connectivity index (χ0) is 14.7. The lowest BCUT2D eigenvalue weighted by atomic mass is 10.2. The highest BCUT2D eigenvalue weighted by Crippen LogP contribution is 2.36. The van der Waals surface area contributed by atoms with Gasteiger partial charge in [0, 0.05) is 22.8 Å². The van der Waals surface area contributed by atoms with Gasteiger partial charge in [-0.3, -0.25) is 9.78 Å². The number of rotatable bonds is 5. The van der Waals surface area contributed by atoms with E-state index in [9.17, 15) is 4.79 Å². The van der Waals surface area contributed by atoms with Gasteiger partial charge in [-0.1, -0.05) is 6.07 Å². The van der Waals surface area contributed by atoms with Crippen LogP contribution in [-0.2, 0) is 11.2 Å². The summed E-state index contributed by atoms with van der Waals surface area (Å²) in [5, 5.41) is 11.8. The summed E-state index contributed by atoms with van der Waals surface area (Å²) >= 11 is 3.16. The van der Waals surface area contributed by atoms with Crippen molar-refractivity contribution in [1.29, 1.82) is 0 Å². The standard InChI is InChI=1S/C15H12N2O2S2/c18-13(19)6-5-12-14(11-4-2-8-20-11)17-15(21-12)10-3-1-7-16-9-10/h1-4,7-9H,5-6H2,(H,18,19). The van der Waals surface area contributed by atoms with Gasteiger partial charge in [0.15, 0.2) is 0 Å². The quantitative estimate of drug-likeness (QED) is 0.774. The Balaban J connectivity index is 2.00. The lowest BCUT2D eigenvalue weighted by molar-refractivity contribution is -0.136. The van der Waals surface area contributed by atoms with Crippen LogP contribution in [0.4, 0.5) is 0 Å². The first-order chi connectivity index (χ1) is 10.2. The maximum atomic E-state index is 10.8. The van der Waals surface area contributed by atoms with Gasteiger partial charge < -0.3 is 5.11 Å². The van der Waals surface area contributed by atoms with Gasteiger partial charge in [-0.15, -0.1) is 22.7 Å². The average molecular weight is 316 g/mol. The van der Waals surface area contributed by atoms with Gasteiger partial charge >= 0.3 is 5.97 Å². The Hall–Kier alpha value is -2.05. The molecule has 0 bridgehead atoms. The van der Waals surface area contributed by atoms with Crippen molar-refractivity contribution >= 4 is 28.6 Å². The molecule has 3 aromatic heterocycles. The van der Waals surface area contributed by atoms with Crippen molar-refractivity contribution in [3.63, 3.8) is 0 Å². The Morgan fingerprint density at radius 3 is 2.86 bits per heavy atom. The molecule has 1 N–H and O–H groups in total. The molecular formula is C15H12N2O2S2. The molecule has 0 fully saturated rings. The SMILES string of the molecule is O=C(O)CCc1sc(-c2cccnc2)nc1-c1cccs1. The molecule has 106 valence electrons. The van der Waals surface area contributed by atoms with E-state index in [4.69, 9.17) is 10.1 Å². The van der Waals surface area contributed by atoms with Crippen molar-refractivity contribution in [2.75, 3.05) is 0 Å². The summed E-state index contributed by atoms with van der Waals surface area (Å²) in [6.45, 7) is 0. The van der Waals surface area contributed by atoms with E-state index in [0.29, 0.717) is 6.42 Å². The van der Waals surface area contributed by atoms with Gasteiger partial charge in [0.25, 0.3) is 0 Å². The van der Waals surface area contributed by atoms with Crippen LogP contribution in [0.25, 0.3) is 21.1 Å². The number of hydrogen-bond donors (Lipinski definition) is 1. The first kappa shape index (κ1) is 13.9. The summed E-state index contributed by atoms with van der Waals surface area (Å²) in [5.74, 6) is -0.788. The molecule has 0 atom stereocenters. The highest BCUT2D eigenvalue weighted by atomic mass is 32.1. The molecule has 21 heavy (non-hydrogen) atoms. The second kappa shape index (κ2) is 6.15. The number of carbonyl (C=O) groups is 1. The third-order valence-electron chi connectivity index (χ3n) is 2.93. The molecular weight excluding hydrogens is 304 g/mol. The Bertz CT molecular complexity index is 736. The van der Waals surface area contributed by atoms with E-state index >= 15 is 0 Å². The van der Waals surface area contributed by atoms with Crippen LogP contribution in [0.1, 0.15) is 11.3 Å². The Labute approximate surface area is 129 Å². The van der Waals surface area contributed by atoms with Crippen LogP contribution in [-0.4, -0.2) is 21.0 Å². The van der Waals surface area contributed by atoms with Crippen molar-refractivity contribution in [3.05, 3.63) is 46.9 Å². The number of aryl methyl sites for hydroxylation is 1. The highest BCUT2D eigenvalue weighted by molar-refractivity contribution is 7.17. The van der Waals surface area contributed by atoms with Crippen LogP contribution in [0, 0.1) is 0 Å². The Morgan fingerprint density at radius 2 is 2.19 bits per heavy atom. The van der Waals surface area contributed by atoms with Gasteiger partial charge in [-0.05, 0) is 30.0 Å². The van der Waals surface area contributed by atoms with Gasteiger partial charge in [0.1, 0.15) is 5.01 Å². The van der Waals surface area contributed by atoms with E-state index < -0.39 is 5.97 Å². The topological polar surface area (TPSA) is 63.1 Å².